The first kappa shape index (κ1) is 29.1. The molecule has 3 aliphatic carbocycles. The van der Waals surface area contributed by atoms with E-state index in [1.54, 1.807) is 4.90 Å². The van der Waals surface area contributed by atoms with Gasteiger partial charge in [-0.25, -0.2) is 4.79 Å². The highest BCUT2D eigenvalue weighted by Gasteiger charge is 2.69. The van der Waals surface area contributed by atoms with Crippen molar-refractivity contribution in [1.29, 1.82) is 0 Å². The van der Waals surface area contributed by atoms with E-state index in [2.05, 4.69) is 41.9 Å². The van der Waals surface area contributed by atoms with Crippen LogP contribution >= 0.6 is 0 Å². The minimum absolute atomic E-state index is 0.0588. The van der Waals surface area contributed by atoms with Gasteiger partial charge in [0.05, 0.1) is 6.04 Å². The van der Waals surface area contributed by atoms with Crippen molar-refractivity contribution in [3.8, 4) is 0 Å². The van der Waals surface area contributed by atoms with Gasteiger partial charge in [0.2, 0.25) is 17.6 Å². The second kappa shape index (κ2) is 11.1. The number of rotatable bonds is 11. The quantitative estimate of drug-likeness (QED) is 0.301. The summed E-state index contributed by atoms with van der Waals surface area (Å²) in [6, 6.07) is 4.97. The second-order valence-corrected chi connectivity index (χ2v) is 13.2. The number of carbonyl (C=O) groups is 5. The van der Waals surface area contributed by atoms with E-state index < -0.39 is 41.8 Å². The maximum atomic E-state index is 14.3. The van der Waals surface area contributed by atoms with E-state index in [4.69, 9.17) is 5.73 Å². The van der Waals surface area contributed by atoms with Crippen LogP contribution in [0.25, 0.3) is 0 Å². The standard InChI is InChI=1S/C31H43N5O5/c1-5-16(2)33-30(41)35-24(20-13-18-8-6-7-9-19(18)14-20)29(40)36-15-21-23(31(21,3)4)25(36)28(39)34-22(12-17-10-11-17)26(37)27(32)38/h6-9,16-17,20-25H,5,10-15H2,1-4H3,(H2,32,38)(H,34,39)(H2,33,35,41)/t16?,21-,22?,23-,24+,25+/m1/s1. The molecule has 4 aliphatic rings. The van der Waals surface area contributed by atoms with Gasteiger partial charge >= 0.3 is 6.03 Å². The topological polar surface area (TPSA) is 151 Å². The summed E-state index contributed by atoms with van der Waals surface area (Å²) >= 11 is 0. The van der Waals surface area contributed by atoms with Gasteiger partial charge in [0.15, 0.2) is 0 Å². The fourth-order valence-electron chi connectivity index (χ4n) is 7.06. The molecule has 1 aromatic carbocycles. The number of benzene rings is 1. The first-order valence-electron chi connectivity index (χ1n) is 15.0. The van der Waals surface area contributed by atoms with Crippen LogP contribution in [0.5, 0.6) is 0 Å². The highest BCUT2D eigenvalue weighted by atomic mass is 16.2. The number of ketones is 1. The van der Waals surface area contributed by atoms with E-state index in [0.29, 0.717) is 25.8 Å². The summed E-state index contributed by atoms with van der Waals surface area (Å²) in [5.74, 6) is -2.43. The van der Waals surface area contributed by atoms with Crippen molar-refractivity contribution in [2.24, 2.45) is 34.8 Å². The number of nitrogens with two attached hydrogens (primary N) is 1. The number of urea groups is 1. The molecule has 0 radical (unpaired) electrons. The number of primary amides is 1. The lowest BCUT2D eigenvalue weighted by molar-refractivity contribution is -0.144. The number of piperidine rings is 1. The molecule has 2 saturated carbocycles. The predicted octanol–water partition coefficient (Wildman–Crippen LogP) is 1.69. The first-order valence-corrected chi connectivity index (χ1v) is 15.0. The number of Topliss-reactive ketones (excluding diaryl/α,β-unsaturated/α-hetero) is 1. The average Bonchev–Trinajstić information content (AvgIpc) is 3.68. The number of fused-ring (bicyclic) bond motifs is 2. The number of hydrogen-bond donors (Lipinski definition) is 4. The Kier molecular flexibility index (Phi) is 7.87. The fraction of sp³-hybridized carbons (Fsp3) is 0.645. The maximum Gasteiger partial charge on any atom is 0.315 e. The highest BCUT2D eigenvalue weighted by molar-refractivity contribution is 6.37. The fourth-order valence-corrected chi connectivity index (χ4v) is 7.06. The molecule has 0 aromatic heterocycles. The van der Waals surface area contributed by atoms with E-state index in [1.807, 2.05) is 26.0 Å². The van der Waals surface area contributed by atoms with E-state index in [0.717, 1.165) is 30.4 Å². The zero-order valence-electron chi connectivity index (χ0n) is 24.4. The second-order valence-electron chi connectivity index (χ2n) is 13.2. The van der Waals surface area contributed by atoms with Gasteiger partial charge in [-0.3, -0.25) is 19.2 Å². The normalized spacial score (nSPS) is 26.2. The summed E-state index contributed by atoms with van der Waals surface area (Å²) in [4.78, 5) is 67.1. The molecule has 6 atom stereocenters. The van der Waals surface area contributed by atoms with Crippen molar-refractivity contribution in [1.82, 2.24) is 20.9 Å². The van der Waals surface area contributed by atoms with Crippen molar-refractivity contribution in [2.45, 2.75) is 90.4 Å². The molecular weight excluding hydrogens is 522 g/mol. The summed E-state index contributed by atoms with van der Waals surface area (Å²) in [6.07, 6.45) is 4.30. The van der Waals surface area contributed by atoms with Gasteiger partial charge in [-0.05, 0) is 72.8 Å². The lowest BCUT2D eigenvalue weighted by Gasteiger charge is -2.35. The van der Waals surface area contributed by atoms with Gasteiger partial charge in [0.1, 0.15) is 12.1 Å². The number of amides is 5. The number of nitrogens with zero attached hydrogens (tertiary/aromatic N) is 1. The van der Waals surface area contributed by atoms with Crippen LogP contribution in [0.15, 0.2) is 24.3 Å². The van der Waals surface area contributed by atoms with Crippen molar-refractivity contribution in [3.05, 3.63) is 35.4 Å². The zero-order valence-corrected chi connectivity index (χ0v) is 24.4. The molecule has 0 bridgehead atoms. The Morgan fingerprint density at radius 2 is 1.66 bits per heavy atom. The summed E-state index contributed by atoms with van der Waals surface area (Å²) in [5, 5.41) is 8.68. The van der Waals surface area contributed by atoms with Crippen molar-refractivity contribution >= 4 is 29.5 Å². The molecule has 222 valence electrons. The number of carbonyl (C=O) groups excluding carboxylic acids is 5. The first-order chi connectivity index (χ1) is 19.4. The van der Waals surface area contributed by atoms with Crippen LogP contribution < -0.4 is 21.7 Å². The summed E-state index contributed by atoms with van der Waals surface area (Å²) in [6.45, 7) is 8.45. The molecule has 5 N–H and O–H groups in total. The Labute approximate surface area is 241 Å². The van der Waals surface area contributed by atoms with Crippen LogP contribution in [0, 0.1) is 29.1 Å². The molecule has 1 aliphatic heterocycles. The van der Waals surface area contributed by atoms with E-state index in [9.17, 15) is 24.0 Å². The Balaban J connectivity index is 1.39. The van der Waals surface area contributed by atoms with Crippen molar-refractivity contribution in [2.75, 3.05) is 6.54 Å². The summed E-state index contributed by atoms with van der Waals surface area (Å²) < 4.78 is 0. The van der Waals surface area contributed by atoms with E-state index >= 15 is 0 Å². The van der Waals surface area contributed by atoms with Crippen LogP contribution in [0.2, 0.25) is 0 Å². The van der Waals surface area contributed by atoms with E-state index in [-0.39, 0.29) is 41.0 Å². The van der Waals surface area contributed by atoms with Gasteiger partial charge in [0, 0.05) is 12.6 Å². The van der Waals surface area contributed by atoms with Gasteiger partial charge in [-0.2, -0.15) is 0 Å². The summed E-state index contributed by atoms with van der Waals surface area (Å²) in [5.41, 5.74) is 7.48. The molecule has 5 amide bonds. The lowest BCUT2D eigenvalue weighted by atomic mass is 9.93. The van der Waals surface area contributed by atoms with Crippen LogP contribution in [0.3, 0.4) is 0 Å². The molecule has 0 spiro atoms. The Bertz CT molecular complexity index is 1220. The minimum atomic E-state index is -1.07. The maximum absolute atomic E-state index is 14.3. The van der Waals surface area contributed by atoms with Gasteiger partial charge in [0.25, 0.3) is 5.91 Å². The van der Waals surface area contributed by atoms with Gasteiger partial charge < -0.3 is 26.6 Å². The van der Waals surface area contributed by atoms with Crippen molar-refractivity contribution in [3.63, 3.8) is 0 Å². The molecule has 2 unspecified atom stereocenters. The van der Waals surface area contributed by atoms with Crippen LogP contribution in [0.1, 0.15) is 64.5 Å². The van der Waals surface area contributed by atoms with Crippen molar-refractivity contribution < 1.29 is 24.0 Å². The SMILES string of the molecule is CCC(C)NC(=O)N[C@H](C(=O)N1C[C@@H]2[C@H]([C@H]1C(=O)NC(CC1CC1)C(=O)C(N)=O)C2(C)C)C1Cc2ccccc2C1. The molecule has 3 fully saturated rings. The number of likely N-dealkylation sites (tertiary alicyclic amines) is 1. The third kappa shape index (κ3) is 5.83. The van der Waals surface area contributed by atoms with Crippen LogP contribution in [0.4, 0.5) is 4.79 Å². The Hall–Kier alpha value is -3.43. The predicted molar refractivity (Wildman–Crippen MR) is 152 cm³/mol. The molecule has 10 nitrogen and oxygen atoms in total. The molecule has 1 aromatic rings. The smallest absolute Gasteiger partial charge is 0.315 e. The Morgan fingerprint density at radius 3 is 2.22 bits per heavy atom. The largest absolute Gasteiger partial charge is 0.363 e. The highest BCUT2D eigenvalue weighted by Crippen LogP contribution is 2.65. The minimum Gasteiger partial charge on any atom is -0.363 e. The molecule has 1 heterocycles. The lowest BCUT2D eigenvalue weighted by Crippen LogP contribution is -2.60. The van der Waals surface area contributed by atoms with Gasteiger partial charge in [-0.1, -0.05) is 57.9 Å². The average molecular weight is 566 g/mol. The van der Waals surface area contributed by atoms with Crippen LogP contribution in [-0.4, -0.2) is 65.1 Å². The summed E-state index contributed by atoms with van der Waals surface area (Å²) in [7, 11) is 0. The molecule has 41 heavy (non-hydrogen) atoms. The zero-order chi connectivity index (χ0) is 29.6. The molecular formula is C31H43N5O5. The van der Waals surface area contributed by atoms with Gasteiger partial charge in [-0.15, -0.1) is 0 Å². The monoisotopic (exact) mass is 565 g/mol. The number of hydrogen-bond acceptors (Lipinski definition) is 5. The third-order valence-corrected chi connectivity index (χ3v) is 10.00. The molecule has 10 heteroatoms. The van der Waals surface area contributed by atoms with Crippen LogP contribution in [-0.2, 0) is 32.0 Å². The Morgan fingerprint density at radius 1 is 1.02 bits per heavy atom. The number of nitrogens with one attached hydrogen (secondary N) is 3. The molecule has 1 saturated heterocycles. The third-order valence-electron chi connectivity index (χ3n) is 10.00. The van der Waals surface area contributed by atoms with E-state index in [1.165, 1.54) is 0 Å². The molecule has 5 rings (SSSR count).